The number of carbonyl (C=O) groups is 2. The topological polar surface area (TPSA) is 74.3 Å². The fraction of sp³-hybridized carbons (Fsp3) is 0.611. The van der Waals surface area contributed by atoms with Crippen LogP contribution < -0.4 is 15.5 Å². The maximum atomic E-state index is 13.2. The van der Waals surface area contributed by atoms with Crippen LogP contribution in [-0.2, 0) is 15.8 Å². The number of hydrogen-bond donors (Lipinski definition) is 2. The highest BCUT2D eigenvalue weighted by Crippen LogP contribution is 2.36. The predicted octanol–water partition coefficient (Wildman–Crippen LogP) is 2.35. The van der Waals surface area contributed by atoms with Crippen LogP contribution in [0.5, 0.6) is 0 Å². The van der Waals surface area contributed by atoms with E-state index in [1.54, 1.807) is 0 Å². The van der Waals surface area contributed by atoms with E-state index in [1.165, 1.54) is 17.2 Å². The number of halogens is 3. The van der Waals surface area contributed by atoms with Crippen LogP contribution in [0.25, 0.3) is 0 Å². The van der Waals surface area contributed by atoms with Crippen LogP contribution in [0.3, 0.4) is 0 Å². The molecule has 2 rings (SSSR count). The number of piperidine rings is 1. The molecule has 27 heavy (non-hydrogen) atoms. The van der Waals surface area contributed by atoms with Crippen LogP contribution in [0.4, 0.5) is 19.0 Å². The van der Waals surface area contributed by atoms with E-state index in [-0.39, 0.29) is 43.2 Å². The van der Waals surface area contributed by atoms with Gasteiger partial charge in [-0.3, -0.25) is 9.59 Å². The van der Waals surface area contributed by atoms with Crippen molar-refractivity contribution in [2.45, 2.75) is 45.3 Å². The first-order valence-electron chi connectivity index (χ1n) is 9.02. The summed E-state index contributed by atoms with van der Waals surface area (Å²) in [5.41, 5.74) is -0.795. The van der Waals surface area contributed by atoms with Crippen molar-refractivity contribution in [1.29, 1.82) is 0 Å². The number of aromatic nitrogens is 1. The molecule has 1 aromatic rings. The summed E-state index contributed by atoms with van der Waals surface area (Å²) in [6.45, 7) is 4.48. The van der Waals surface area contributed by atoms with Gasteiger partial charge in [-0.15, -0.1) is 0 Å². The first-order valence-corrected chi connectivity index (χ1v) is 9.02. The van der Waals surface area contributed by atoms with Crippen molar-refractivity contribution in [3.63, 3.8) is 0 Å². The van der Waals surface area contributed by atoms with Gasteiger partial charge in [0.15, 0.2) is 0 Å². The highest BCUT2D eigenvalue weighted by molar-refractivity contribution is 5.81. The maximum absolute atomic E-state index is 13.2. The quantitative estimate of drug-likeness (QED) is 0.787. The Bertz CT molecular complexity index is 664. The molecule has 0 aliphatic carbocycles. The van der Waals surface area contributed by atoms with Crippen molar-refractivity contribution in [2.75, 3.05) is 24.5 Å². The number of anilines is 1. The van der Waals surface area contributed by atoms with Gasteiger partial charge in [0.05, 0.1) is 11.5 Å². The Balaban J connectivity index is 1.94. The molecule has 9 heteroatoms. The first kappa shape index (κ1) is 21.0. The highest BCUT2D eigenvalue weighted by atomic mass is 19.4. The summed E-state index contributed by atoms with van der Waals surface area (Å²) >= 11 is 0. The lowest BCUT2D eigenvalue weighted by molar-refractivity contribution is -0.137. The van der Waals surface area contributed by atoms with Crippen molar-refractivity contribution >= 4 is 17.6 Å². The van der Waals surface area contributed by atoms with E-state index in [9.17, 15) is 22.8 Å². The Kier molecular flexibility index (Phi) is 7.04. The van der Waals surface area contributed by atoms with Crippen LogP contribution in [0, 0.1) is 5.92 Å². The molecule has 1 aliphatic rings. The van der Waals surface area contributed by atoms with Crippen LogP contribution >= 0.6 is 0 Å². The van der Waals surface area contributed by atoms with Gasteiger partial charge in [0.25, 0.3) is 0 Å². The lowest BCUT2D eigenvalue weighted by Gasteiger charge is -2.34. The molecule has 150 valence electrons. The van der Waals surface area contributed by atoms with E-state index in [0.29, 0.717) is 19.4 Å². The number of amides is 2. The predicted molar refractivity (Wildman–Crippen MR) is 95.1 cm³/mol. The molecule has 1 fully saturated rings. The lowest BCUT2D eigenvalue weighted by Crippen LogP contribution is -2.44. The van der Waals surface area contributed by atoms with E-state index in [0.717, 1.165) is 6.07 Å². The molecule has 1 saturated heterocycles. The Labute approximate surface area is 156 Å². The summed E-state index contributed by atoms with van der Waals surface area (Å²) in [5.74, 6) is -0.978. The molecule has 0 aromatic carbocycles. The van der Waals surface area contributed by atoms with Gasteiger partial charge in [-0.2, -0.15) is 13.2 Å². The van der Waals surface area contributed by atoms with E-state index >= 15 is 0 Å². The van der Waals surface area contributed by atoms with Gasteiger partial charge in [0, 0.05) is 38.3 Å². The molecule has 2 heterocycles. The average Bonchev–Trinajstić information content (AvgIpc) is 2.60. The Morgan fingerprint density at radius 3 is 2.78 bits per heavy atom. The molecule has 1 unspecified atom stereocenters. The van der Waals surface area contributed by atoms with E-state index in [2.05, 4.69) is 15.6 Å². The van der Waals surface area contributed by atoms with Crippen molar-refractivity contribution < 1.29 is 22.8 Å². The van der Waals surface area contributed by atoms with E-state index in [1.807, 2.05) is 13.8 Å². The van der Waals surface area contributed by atoms with Gasteiger partial charge < -0.3 is 15.5 Å². The van der Waals surface area contributed by atoms with Crippen molar-refractivity contribution in [2.24, 2.45) is 5.92 Å². The summed E-state index contributed by atoms with van der Waals surface area (Å²) in [6.07, 6.45) is -1.82. The van der Waals surface area contributed by atoms with Crippen LogP contribution in [0.15, 0.2) is 18.3 Å². The Hall–Kier alpha value is -2.32. The van der Waals surface area contributed by atoms with Gasteiger partial charge in [0.2, 0.25) is 11.8 Å². The van der Waals surface area contributed by atoms with Gasteiger partial charge in [-0.25, -0.2) is 4.98 Å². The van der Waals surface area contributed by atoms with Crippen molar-refractivity contribution in [1.82, 2.24) is 15.6 Å². The molecule has 0 bridgehead atoms. The zero-order valence-corrected chi connectivity index (χ0v) is 15.5. The Morgan fingerprint density at radius 2 is 2.11 bits per heavy atom. The summed E-state index contributed by atoms with van der Waals surface area (Å²) in [6, 6.07) is 2.28. The number of nitrogens with zero attached hydrogens (tertiary/aromatic N) is 2. The van der Waals surface area contributed by atoms with E-state index in [4.69, 9.17) is 0 Å². The lowest BCUT2D eigenvalue weighted by atomic mass is 9.96. The molecule has 1 aliphatic heterocycles. The second-order valence-electron chi connectivity index (χ2n) is 6.92. The third kappa shape index (κ3) is 6.11. The highest BCUT2D eigenvalue weighted by Gasteiger charge is 2.37. The number of hydrogen-bond acceptors (Lipinski definition) is 4. The second-order valence-corrected chi connectivity index (χ2v) is 6.92. The minimum absolute atomic E-state index is 0.0290. The minimum atomic E-state index is -4.50. The summed E-state index contributed by atoms with van der Waals surface area (Å²) < 4.78 is 39.6. The second kappa shape index (κ2) is 9.05. The number of rotatable bonds is 6. The molecule has 6 nitrogen and oxygen atoms in total. The monoisotopic (exact) mass is 386 g/mol. The molecule has 1 atom stereocenters. The Morgan fingerprint density at radius 1 is 1.37 bits per heavy atom. The van der Waals surface area contributed by atoms with Gasteiger partial charge in [0.1, 0.15) is 5.82 Å². The zero-order chi connectivity index (χ0) is 20.0. The van der Waals surface area contributed by atoms with Gasteiger partial charge in [-0.1, -0.05) is 0 Å². The molecular weight excluding hydrogens is 361 g/mol. The normalized spacial score (nSPS) is 17.7. The summed E-state index contributed by atoms with van der Waals surface area (Å²) in [7, 11) is 0. The van der Waals surface area contributed by atoms with Crippen molar-refractivity contribution in [3.05, 3.63) is 23.9 Å². The fourth-order valence-corrected chi connectivity index (χ4v) is 3.09. The number of nitrogens with one attached hydrogen (secondary N) is 2. The summed E-state index contributed by atoms with van der Waals surface area (Å²) in [4.78, 5) is 29.4. The number of alkyl halides is 3. The molecular formula is C18H25F3N4O2. The average molecular weight is 386 g/mol. The number of pyridine rings is 1. The third-order valence-electron chi connectivity index (χ3n) is 4.28. The van der Waals surface area contributed by atoms with Crippen LogP contribution in [0.1, 0.15) is 38.7 Å². The largest absolute Gasteiger partial charge is 0.419 e. The molecule has 0 radical (unpaired) electrons. The minimum Gasteiger partial charge on any atom is -0.355 e. The van der Waals surface area contributed by atoms with Gasteiger partial charge >= 0.3 is 6.18 Å². The maximum Gasteiger partial charge on any atom is 0.419 e. The van der Waals surface area contributed by atoms with Crippen molar-refractivity contribution in [3.8, 4) is 0 Å². The van der Waals surface area contributed by atoms with Crippen LogP contribution in [0.2, 0.25) is 0 Å². The smallest absolute Gasteiger partial charge is 0.355 e. The molecule has 0 saturated carbocycles. The van der Waals surface area contributed by atoms with Gasteiger partial charge in [-0.05, 0) is 38.8 Å². The third-order valence-corrected chi connectivity index (χ3v) is 4.28. The standard InChI is InChI=1S/C18H25F3N4O2/c1-12(2)24-15(26)7-9-23-17(27)13-5-4-10-25(11-13)16-14(18(19,20)21)6-3-8-22-16/h3,6,8,12-13H,4-5,7,9-11H2,1-2H3,(H,23,27)(H,24,26). The fourth-order valence-electron chi connectivity index (χ4n) is 3.09. The first-order chi connectivity index (χ1) is 12.7. The van der Waals surface area contributed by atoms with Crippen LogP contribution in [-0.4, -0.2) is 42.5 Å². The molecule has 0 spiro atoms. The molecule has 2 amide bonds. The van der Waals surface area contributed by atoms with E-state index < -0.39 is 17.7 Å². The SMILES string of the molecule is CC(C)NC(=O)CCNC(=O)C1CCCN(c2ncccc2C(F)(F)F)C1. The molecule has 1 aromatic heterocycles. The zero-order valence-electron chi connectivity index (χ0n) is 15.5. The summed E-state index contributed by atoms with van der Waals surface area (Å²) in [5, 5.41) is 5.44. The number of carbonyl (C=O) groups excluding carboxylic acids is 2. The molecule has 2 N–H and O–H groups in total.